The Morgan fingerprint density at radius 3 is 2.89 bits per heavy atom. The lowest BCUT2D eigenvalue weighted by atomic mass is 10.2. The SMILES string of the molecule is Cc1cnc(C(C)NCc2ccc(Br)cc2F)s1. The number of hydrogen-bond donors (Lipinski definition) is 1. The second-order valence-electron chi connectivity index (χ2n) is 4.15. The zero-order valence-electron chi connectivity index (χ0n) is 10.2. The second kappa shape index (κ2) is 5.91. The molecule has 1 heterocycles. The number of nitrogens with zero attached hydrogens (tertiary/aromatic N) is 1. The van der Waals surface area contributed by atoms with E-state index in [0.717, 1.165) is 9.48 Å². The predicted octanol–water partition coefficient (Wildman–Crippen LogP) is 4.20. The van der Waals surface area contributed by atoms with Crippen molar-refractivity contribution in [2.75, 3.05) is 0 Å². The third-order valence-electron chi connectivity index (χ3n) is 2.62. The van der Waals surface area contributed by atoms with Crippen LogP contribution < -0.4 is 5.32 Å². The van der Waals surface area contributed by atoms with Crippen molar-refractivity contribution in [1.82, 2.24) is 10.3 Å². The van der Waals surface area contributed by atoms with E-state index in [0.29, 0.717) is 12.1 Å². The van der Waals surface area contributed by atoms with Gasteiger partial charge in [-0.15, -0.1) is 11.3 Å². The van der Waals surface area contributed by atoms with Crippen LogP contribution in [0.25, 0.3) is 0 Å². The fourth-order valence-corrected chi connectivity index (χ4v) is 2.72. The summed E-state index contributed by atoms with van der Waals surface area (Å²) >= 11 is 4.91. The third-order valence-corrected chi connectivity index (χ3v) is 4.21. The Labute approximate surface area is 118 Å². The monoisotopic (exact) mass is 328 g/mol. The minimum Gasteiger partial charge on any atom is -0.304 e. The molecule has 2 aromatic rings. The average Bonchev–Trinajstić information content (AvgIpc) is 2.74. The van der Waals surface area contributed by atoms with Gasteiger partial charge < -0.3 is 5.32 Å². The molecule has 0 aliphatic heterocycles. The molecular formula is C13H14BrFN2S. The minimum atomic E-state index is -0.195. The molecule has 1 N–H and O–H groups in total. The number of aromatic nitrogens is 1. The molecule has 96 valence electrons. The van der Waals surface area contributed by atoms with E-state index in [-0.39, 0.29) is 11.9 Å². The topological polar surface area (TPSA) is 24.9 Å². The highest BCUT2D eigenvalue weighted by Crippen LogP contribution is 2.20. The Morgan fingerprint density at radius 1 is 1.50 bits per heavy atom. The van der Waals surface area contributed by atoms with Crippen LogP contribution in [0, 0.1) is 12.7 Å². The predicted molar refractivity (Wildman–Crippen MR) is 76.2 cm³/mol. The van der Waals surface area contributed by atoms with E-state index in [1.165, 1.54) is 10.9 Å². The molecule has 18 heavy (non-hydrogen) atoms. The Kier molecular flexibility index (Phi) is 4.48. The fraction of sp³-hybridized carbons (Fsp3) is 0.308. The van der Waals surface area contributed by atoms with Gasteiger partial charge in [0.05, 0.1) is 6.04 Å². The van der Waals surface area contributed by atoms with E-state index < -0.39 is 0 Å². The van der Waals surface area contributed by atoms with Crippen LogP contribution in [0.3, 0.4) is 0 Å². The Balaban J connectivity index is 1.99. The van der Waals surface area contributed by atoms with Crippen molar-refractivity contribution in [3.8, 4) is 0 Å². The Morgan fingerprint density at radius 2 is 2.28 bits per heavy atom. The molecule has 5 heteroatoms. The van der Waals surface area contributed by atoms with E-state index >= 15 is 0 Å². The van der Waals surface area contributed by atoms with Gasteiger partial charge in [-0.05, 0) is 26.0 Å². The van der Waals surface area contributed by atoms with Crippen molar-refractivity contribution < 1.29 is 4.39 Å². The first-order valence-corrected chi connectivity index (χ1v) is 7.27. The number of hydrogen-bond acceptors (Lipinski definition) is 3. The molecule has 0 spiro atoms. The van der Waals surface area contributed by atoms with Gasteiger partial charge in [0.15, 0.2) is 0 Å². The highest BCUT2D eigenvalue weighted by Gasteiger charge is 2.10. The smallest absolute Gasteiger partial charge is 0.128 e. The number of benzene rings is 1. The van der Waals surface area contributed by atoms with Gasteiger partial charge in [0.1, 0.15) is 10.8 Å². The second-order valence-corrected chi connectivity index (χ2v) is 6.33. The summed E-state index contributed by atoms with van der Waals surface area (Å²) in [6.45, 7) is 4.57. The zero-order chi connectivity index (χ0) is 13.1. The molecule has 0 saturated carbocycles. The van der Waals surface area contributed by atoms with Crippen molar-refractivity contribution in [2.45, 2.75) is 26.4 Å². The van der Waals surface area contributed by atoms with E-state index in [9.17, 15) is 4.39 Å². The largest absolute Gasteiger partial charge is 0.304 e. The molecular weight excluding hydrogens is 315 g/mol. The van der Waals surface area contributed by atoms with Crippen LogP contribution in [0.15, 0.2) is 28.9 Å². The molecule has 1 atom stereocenters. The summed E-state index contributed by atoms with van der Waals surface area (Å²) in [5.74, 6) is -0.195. The fourth-order valence-electron chi connectivity index (χ4n) is 1.59. The summed E-state index contributed by atoms with van der Waals surface area (Å²) in [5.41, 5.74) is 0.665. The first kappa shape index (κ1) is 13.6. The molecule has 1 aromatic carbocycles. The van der Waals surface area contributed by atoms with Gasteiger partial charge in [-0.3, -0.25) is 0 Å². The molecule has 1 unspecified atom stereocenters. The van der Waals surface area contributed by atoms with Gasteiger partial charge in [0, 0.05) is 27.7 Å². The van der Waals surface area contributed by atoms with Gasteiger partial charge in [-0.2, -0.15) is 0 Å². The minimum absolute atomic E-state index is 0.131. The number of halogens is 2. The normalized spacial score (nSPS) is 12.7. The van der Waals surface area contributed by atoms with E-state index in [4.69, 9.17) is 0 Å². The highest BCUT2D eigenvalue weighted by atomic mass is 79.9. The Hall–Kier alpha value is -0.780. The lowest BCUT2D eigenvalue weighted by Gasteiger charge is -2.11. The van der Waals surface area contributed by atoms with Gasteiger partial charge in [-0.1, -0.05) is 22.0 Å². The van der Waals surface area contributed by atoms with Crippen molar-refractivity contribution in [3.05, 3.63) is 50.1 Å². The van der Waals surface area contributed by atoms with Crippen molar-refractivity contribution in [2.24, 2.45) is 0 Å². The number of rotatable bonds is 4. The molecule has 0 bridgehead atoms. The maximum absolute atomic E-state index is 13.6. The zero-order valence-corrected chi connectivity index (χ0v) is 12.6. The summed E-state index contributed by atoms with van der Waals surface area (Å²) in [6.07, 6.45) is 1.86. The summed E-state index contributed by atoms with van der Waals surface area (Å²) in [6, 6.07) is 5.24. The van der Waals surface area contributed by atoms with E-state index in [2.05, 4.69) is 26.2 Å². The first-order chi connectivity index (χ1) is 8.56. The standard InChI is InChI=1S/C13H14BrFN2S/c1-8-6-17-13(18-8)9(2)16-7-10-3-4-11(14)5-12(10)15/h3-6,9,16H,7H2,1-2H3. The molecule has 0 amide bonds. The van der Waals surface area contributed by atoms with Crippen LogP contribution in [-0.2, 0) is 6.54 Å². The number of aryl methyl sites for hydroxylation is 1. The van der Waals surface area contributed by atoms with Crippen molar-refractivity contribution in [3.63, 3.8) is 0 Å². The van der Waals surface area contributed by atoms with Crippen LogP contribution in [0.1, 0.15) is 28.4 Å². The number of thiazole rings is 1. The maximum atomic E-state index is 13.6. The van der Waals surface area contributed by atoms with Crippen molar-refractivity contribution in [1.29, 1.82) is 0 Å². The van der Waals surface area contributed by atoms with Crippen LogP contribution in [0.5, 0.6) is 0 Å². The molecule has 2 rings (SSSR count). The third kappa shape index (κ3) is 3.37. The molecule has 0 fully saturated rings. The number of nitrogens with one attached hydrogen (secondary N) is 1. The Bertz CT molecular complexity index is 542. The summed E-state index contributed by atoms with van der Waals surface area (Å²) in [5, 5.41) is 4.31. The summed E-state index contributed by atoms with van der Waals surface area (Å²) in [7, 11) is 0. The van der Waals surface area contributed by atoms with Crippen LogP contribution in [-0.4, -0.2) is 4.98 Å². The molecule has 1 aromatic heterocycles. The highest BCUT2D eigenvalue weighted by molar-refractivity contribution is 9.10. The lowest BCUT2D eigenvalue weighted by Crippen LogP contribution is -2.18. The van der Waals surface area contributed by atoms with Crippen LogP contribution in [0.2, 0.25) is 0 Å². The molecule has 2 nitrogen and oxygen atoms in total. The molecule has 0 saturated heterocycles. The van der Waals surface area contributed by atoms with Crippen LogP contribution in [0.4, 0.5) is 4.39 Å². The lowest BCUT2D eigenvalue weighted by molar-refractivity contribution is 0.542. The van der Waals surface area contributed by atoms with Crippen molar-refractivity contribution >= 4 is 27.3 Å². The van der Waals surface area contributed by atoms with Gasteiger partial charge in [0.2, 0.25) is 0 Å². The summed E-state index contributed by atoms with van der Waals surface area (Å²) in [4.78, 5) is 5.51. The summed E-state index contributed by atoms with van der Waals surface area (Å²) < 4.78 is 14.4. The van der Waals surface area contributed by atoms with E-state index in [1.807, 2.05) is 26.1 Å². The van der Waals surface area contributed by atoms with Crippen LogP contribution >= 0.6 is 27.3 Å². The first-order valence-electron chi connectivity index (χ1n) is 5.66. The average molecular weight is 329 g/mol. The molecule has 0 aliphatic rings. The van der Waals surface area contributed by atoms with Gasteiger partial charge >= 0.3 is 0 Å². The quantitative estimate of drug-likeness (QED) is 0.909. The van der Waals surface area contributed by atoms with Gasteiger partial charge in [-0.25, -0.2) is 9.37 Å². The van der Waals surface area contributed by atoms with Gasteiger partial charge in [0.25, 0.3) is 0 Å². The maximum Gasteiger partial charge on any atom is 0.128 e. The van der Waals surface area contributed by atoms with E-state index in [1.54, 1.807) is 17.4 Å². The molecule has 0 radical (unpaired) electrons. The molecule has 0 aliphatic carbocycles.